The minimum atomic E-state index is -4.69. The van der Waals surface area contributed by atoms with Crippen molar-refractivity contribution in [3.05, 3.63) is 58.7 Å². The van der Waals surface area contributed by atoms with Gasteiger partial charge in [-0.25, -0.2) is 0 Å². The van der Waals surface area contributed by atoms with E-state index in [2.05, 4.69) is 5.32 Å². The van der Waals surface area contributed by atoms with Crippen molar-refractivity contribution >= 4 is 23.6 Å². The molecule has 37 heavy (non-hydrogen) atoms. The molecular weight excluding hydrogens is 505 g/mol. The normalized spacial score (nSPS) is 24.7. The molecule has 3 aliphatic heterocycles. The van der Waals surface area contributed by atoms with Crippen molar-refractivity contribution < 1.29 is 32.2 Å². The molecule has 3 aliphatic rings. The van der Waals surface area contributed by atoms with E-state index in [1.807, 2.05) is 55.6 Å². The van der Waals surface area contributed by atoms with Gasteiger partial charge in [0, 0.05) is 23.0 Å². The molecule has 10 heteroatoms. The summed E-state index contributed by atoms with van der Waals surface area (Å²) in [5, 5.41) is 5.01. The number of halogens is 3. The molecule has 0 radical (unpaired) electrons. The molecule has 198 valence electrons. The first-order valence-corrected chi connectivity index (χ1v) is 13.2. The van der Waals surface area contributed by atoms with Gasteiger partial charge >= 0.3 is 6.18 Å². The second kappa shape index (κ2) is 10.3. The third-order valence-corrected chi connectivity index (χ3v) is 8.27. The third kappa shape index (κ3) is 5.51. The molecule has 2 fully saturated rings. The number of carbonyl (C=O) groups is 2. The fourth-order valence-electron chi connectivity index (χ4n) is 5.16. The molecule has 3 unspecified atom stereocenters. The van der Waals surface area contributed by atoms with E-state index in [9.17, 15) is 22.8 Å². The van der Waals surface area contributed by atoms with E-state index in [1.54, 1.807) is 11.8 Å². The molecular formula is C27H29F3N2O4S. The number of piperidine rings is 1. The van der Waals surface area contributed by atoms with Crippen LogP contribution in [0.5, 0.6) is 0 Å². The highest BCUT2D eigenvalue weighted by Crippen LogP contribution is 2.45. The Labute approximate surface area is 217 Å². The first-order valence-electron chi connectivity index (χ1n) is 12.4. The van der Waals surface area contributed by atoms with Crippen LogP contribution >= 0.6 is 11.8 Å². The molecule has 3 atom stereocenters. The van der Waals surface area contributed by atoms with E-state index in [4.69, 9.17) is 9.47 Å². The van der Waals surface area contributed by atoms with Crippen LogP contribution in [0.1, 0.15) is 47.6 Å². The van der Waals surface area contributed by atoms with E-state index in [-0.39, 0.29) is 6.42 Å². The Bertz CT molecular complexity index is 1150. The summed E-state index contributed by atoms with van der Waals surface area (Å²) in [6.07, 6.45) is -5.87. The lowest BCUT2D eigenvalue weighted by atomic mass is 9.88. The minimum Gasteiger partial charge on any atom is -0.381 e. The van der Waals surface area contributed by atoms with Crippen LogP contribution < -0.4 is 10.6 Å². The largest absolute Gasteiger partial charge is 0.411 e. The summed E-state index contributed by atoms with van der Waals surface area (Å²) in [7, 11) is 0. The fourth-order valence-corrected chi connectivity index (χ4v) is 6.49. The van der Waals surface area contributed by atoms with Gasteiger partial charge in [0.1, 0.15) is 5.92 Å². The number of ether oxygens (including phenoxy) is 2. The Hall–Kier alpha value is -2.56. The Morgan fingerprint density at radius 1 is 1.05 bits per heavy atom. The lowest BCUT2D eigenvalue weighted by Crippen LogP contribution is -2.62. The second-order valence-electron chi connectivity index (χ2n) is 9.93. The average Bonchev–Trinajstić information content (AvgIpc) is 2.84. The van der Waals surface area contributed by atoms with Crippen molar-refractivity contribution in [2.24, 2.45) is 5.92 Å². The Morgan fingerprint density at radius 3 is 2.22 bits per heavy atom. The number of hydrogen-bond donors (Lipinski definition) is 2. The topological polar surface area (TPSA) is 76.7 Å². The molecule has 6 nitrogen and oxygen atoms in total. The predicted molar refractivity (Wildman–Crippen MR) is 131 cm³/mol. The van der Waals surface area contributed by atoms with Crippen molar-refractivity contribution in [1.29, 1.82) is 0 Å². The number of fused-ring (bicyclic) bond motifs is 2. The van der Waals surface area contributed by atoms with E-state index < -0.39 is 48.2 Å². The molecule has 2 aromatic rings. The highest BCUT2D eigenvalue weighted by Gasteiger charge is 2.53. The summed E-state index contributed by atoms with van der Waals surface area (Å²) < 4.78 is 52.5. The van der Waals surface area contributed by atoms with Crippen molar-refractivity contribution in [3.8, 4) is 0 Å². The molecule has 0 saturated carbocycles. The number of aryl methyl sites for hydroxylation is 2. The summed E-state index contributed by atoms with van der Waals surface area (Å²) in [5.41, 5.74) is 3.93. The number of carbonyl (C=O) groups excluding carboxylic acids is 2. The number of hydrogen-bond acceptors (Lipinski definition) is 5. The molecule has 3 heterocycles. The van der Waals surface area contributed by atoms with Crippen LogP contribution in [0.25, 0.3) is 0 Å². The SMILES string of the molecule is Cc1ccc2c(c1)Sc1cc(C)ccc1C2NC(=O)C1CC(OC2CCOCC2)C(C(F)(F)F)NC1=O. The molecule has 0 spiro atoms. The number of amides is 2. The van der Waals surface area contributed by atoms with Gasteiger partial charge in [-0.2, -0.15) is 13.2 Å². The average molecular weight is 535 g/mol. The van der Waals surface area contributed by atoms with Crippen LogP contribution in [0.15, 0.2) is 46.2 Å². The van der Waals surface area contributed by atoms with Crippen LogP contribution in [0, 0.1) is 19.8 Å². The quantitative estimate of drug-likeness (QED) is 0.561. The molecule has 2 amide bonds. The van der Waals surface area contributed by atoms with Crippen molar-refractivity contribution in [2.75, 3.05) is 13.2 Å². The summed E-state index contributed by atoms with van der Waals surface area (Å²) in [6, 6.07) is 9.21. The highest BCUT2D eigenvalue weighted by molar-refractivity contribution is 7.99. The Balaban J connectivity index is 1.40. The van der Waals surface area contributed by atoms with Gasteiger partial charge in [-0.05, 0) is 67.5 Å². The first kappa shape index (κ1) is 26.1. The zero-order valence-electron chi connectivity index (χ0n) is 20.6. The third-order valence-electron chi connectivity index (χ3n) is 7.13. The monoisotopic (exact) mass is 534 g/mol. The summed E-state index contributed by atoms with van der Waals surface area (Å²) in [5.74, 6) is -2.86. The van der Waals surface area contributed by atoms with E-state index in [0.29, 0.717) is 26.1 Å². The zero-order valence-corrected chi connectivity index (χ0v) is 21.4. The number of rotatable bonds is 4. The molecule has 2 aromatic carbocycles. The summed E-state index contributed by atoms with van der Waals surface area (Å²) >= 11 is 1.61. The molecule has 0 bridgehead atoms. The number of alkyl halides is 3. The van der Waals surface area contributed by atoms with Gasteiger partial charge in [-0.15, -0.1) is 0 Å². The van der Waals surface area contributed by atoms with Gasteiger partial charge in [-0.1, -0.05) is 36.0 Å². The minimum absolute atomic E-state index is 0.345. The van der Waals surface area contributed by atoms with Gasteiger partial charge in [0.25, 0.3) is 0 Å². The Kier molecular flexibility index (Phi) is 7.26. The van der Waals surface area contributed by atoms with E-state index in [1.165, 1.54) is 0 Å². The first-order chi connectivity index (χ1) is 17.6. The van der Waals surface area contributed by atoms with Crippen molar-refractivity contribution in [2.45, 2.75) is 73.4 Å². The lowest BCUT2D eigenvalue weighted by molar-refractivity contribution is -0.208. The van der Waals surface area contributed by atoms with Crippen LogP contribution in [0.2, 0.25) is 0 Å². The molecule has 5 rings (SSSR count). The maximum Gasteiger partial charge on any atom is 0.411 e. The lowest BCUT2D eigenvalue weighted by Gasteiger charge is -2.39. The van der Waals surface area contributed by atoms with Crippen molar-refractivity contribution in [1.82, 2.24) is 10.6 Å². The molecule has 2 N–H and O–H groups in total. The van der Waals surface area contributed by atoms with Gasteiger partial charge in [0.15, 0.2) is 6.04 Å². The maximum absolute atomic E-state index is 13.8. The van der Waals surface area contributed by atoms with Crippen LogP contribution in [0.3, 0.4) is 0 Å². The summed E-state index contributed by atoms with van der Waals surface area (Å²) in [4.78, 5) is 28.3. The standard InChI is InChI=1S/C27H29F3N2O4S/c1-14-3-5-17-21(11-14)37-22-12-15(2)4-6-18(22)23(17)31-25(33)19-13-20(36-16-7-9-35-10-8-16)24(27(28,29)30)32-26(19)34/h3-6,11-12,16,19-20,23-24H,7-10,13H2,1-2H3,(H,31,33)(H,32,34). The van der Waals surface area contributed by atoms with E-state index >= 15 is 0 Å². The van der Waals surface area contributed by atoms with E-state index in [0.717, 1.165) is 32.0 Å². The molecule has 0 aliphatic carbocycles. The van der Waals surface area contributed by atoms with Gasteiger partial charge in [-0.3, -0.25) is 9.59 Å². The van der Waals surface area contributed by atoms with Gasteiger partial charge in [0.05, 0.1) is 18.2 Å². The fraction of sp³-hybridized carbons (Fsp3) is 0.481. The summed E-state index contributed by atoms with van der Waals surface area (Å²) in [6.45, 7) is 4.79. The number of nitrogens with one attached hydrogen (secondary N) is 2. The van der Waals surface area contributed by atoms with Crippen LogP contribution in [-0.2, 0) is 19.1 Å². The molecule has 2 saturated heterocycles. The smallest absolute Gasteiger partial charge is 0.381 e. The Morgan fingerprint density at radius 2 is 1.65 bits per heavy atom. The maximum atomic E-state index is 13.8. The van der Waals surface area contributed by atoms with Crippen LogP contribution in [-0.4, -0.2) is 49.5 Å². The second-order valence-corrected chi connectivity index (χ2v) is 11.0. The van der Waals surface area contributed by atoms with Crippen LogP contribution in [0.4, 0.5) is 13.2 Å². The number of benzene rings is 2. The predicted octanol–water partition coefficient (Wildman–Crippen LogP) is 4.60. The van der Waals surface area contributed by atoms with Gasteiger partial charge < -0.3 is 20.1 Å². The van der Waals surface area contributed by atoms with Gasteiger partial charge in [0.2, 0.25) is 11.8 Å². The molecule has 0 aromatic heterocycles. The van der Waals surface area contributed by atoms with Crippen molar-refractivity contribution in [3.63, 3.8) is 0 Å². The zero-order chi connectivity index (χ0) is 26.3. The highest BCUT2D eigenvalue weighted by atomic mass is 32.2.